The largest absolute Gasteiger partial charge is 0.347 e. The molecule has 0 saturated carbocycles. The summed E-state index contributed by atoms with van der Waals surface area (Å²) in [4.78, 5) is 7.15. The SMILES string of the molecule is C/N=C(\C=C\C1=C(Cl)C(=C/C=C2/N(C)c3ccc4ccccc4c3C2(C)C)/CCC1)C(C)(C)c1c(C)ccc2ccccc12. The van der Waals surface area contributed by atoms with Gasteiger partial charge in [0.1, 0.15) is 0 Å². The van der Waals surface area contributed by atoms with E-state index in [1.165, 1.54) is 60.8 Å². The van der Waals surface area contributed by atoms with E-state index >= 15 is 0 Å². The molecule has 0 aromatic heterocycles. The van der Waals surface area contributed by atoms with E-state index in [1.807, 2.05) is 7.05 Å². The van der Waals surface area contributed by atoms with Gasteiger partial charge in [-0.25, -0.2) is 0 Å². The minimum atomic E-state index is -0.265. The zero-order valence-corrected chi connectivity index (χ0v) is 27.9. The van der Waals surface area contributed by atoms with E-state index in [2.05, 4.69) is 144 Å². The van der Waals surface area contributed by atoms with Crippen molar-refractivity contribution in [3.63, 3.8) is 0 Å². The van der Waals surface area contributed by atoms with Crippen LogP contribution in [0.5, 0.6) is 0 Å². The van der Waals surface area contributed by atoms with Crippen molar-refractivity contribution in [2.24, 2.45) is 4.99 Å². The first-order valence-electron chi connectivity index (χ1n) is 15.8. The van der Waals surface area contributed by atoms with Crippen LogP contribution in [0.15, 0.2) is 124 Å². The first kappa shape index (κ1) is 30.2. The molecule has 4 aromatic carbocycles. The van der Waals surface area contributed by atoms with E-state index < -0.39 is 0 Å². The molecule has 2 aliphatic rings. The summed E-state index contributed by atoms with van der Waals surface area (Å²) in [6.07, 6.45) is 12.0. The van der Waals surface area contributed by atoms with Gasteiger partial charge in [0, 0.05) is 47.1 Å². The van der Waals surface area contributed by atoms with Gasteiger partial charge in [0.15, 0.2) is 0 Å². The molecule has 0 N–H and O–H groups in total. The molecule has 44 heavy (non-hydrogen) atoms. The van der Waals surface area contributed by atoms with Gasteiger partial charge >= 0.3 is 0 Å². The van der Waals surface area contributed by atoms with Crippen molar-refractivity contribution in [3.05, 3.63) is 136 Å². The normalized spacial score (nSPS) is 19.3. The number of aryl methyl sites for hydroxylation is 1. The number of anilines is 1. The van der Waals surface area contributed by atoms with Gasteiger partial charge in [-0.05, 0) is 93.8 Å². The zero-order valence-electron chi connectivity index (χ0n) is 27.1. The molecule has 0 bridgehead atoms. The quantitative estimate of drug-likeness (QED) is 0.209. The summed E-state index contributed by atoms with van der Waals surface area (Å²) < 4.78 is 0. The predicted octanol–water partition coefficient (Wildman–Crippen LogP) is 11.1. The van der Waals surface area contributed by atoms with E-state index in [4.69, 9.17) is 16.6 Å². The molecule has 224 valence electrons. The van der Waals surface area contributed by atoms with Gasteiger partial charge in [-0.1, -0.05) is 118 Å². The number of hydrogen-bond donors (Lipinski definition) is 0. The molecule has 0 amide bonds. The third-order valence-electron chi connectivity index (χ3n) is 9.88. The summed E-state index contributed by atoms with van der Waals surface area (Å²) in [5.74, 6) is 0. The summed E-state index contributed by atoms with van der Waals surface area (Å²) >= 11 is 7.15. The Hall–Kier alpha value is -3.88. The molecule has 2 nitrogen and oxygen atoms in total. The van der Waals surface area contributed by atoms with E-state index in [0.717, 1.165) is 30.0 Å². The highest BCUT2D eigenvalue weighted by atomic mass is 35.5. The Morgan fingerprint density at radius 1 is 0.886 bits per heavy atom. The number of benzene rings is 4. The molecule has 1 heterocycles. The number of halogens is 1. The lowest BCUT2D eigenvalue weighted by Gasteiger charge is -2.29. The van der Waals surface area contributed by atoms with Gasteiger partial charge in [0.2, 0.25) is 0 Å². The standard InChI is InChI=1S/C41H43ClN2/c1-27-19-20-28-13-8-10-17-32(28)37(27)40(2,3)35(43-6)25-22-30-15-12-16-31(39(30)42)23-26-36-41(4,5)38-33-18-11-9-14-29(33)21-24-34(38)44(36)7/h8-11,13-14,17-26H,12,15-16H2,1-7H3/b25-22+,31-23+,36-26+,43-35+. The molecule has 0 unspecified atom stereocenters. The second-order valence-corrected chi connectivity index (χ2v) is 13.7. The Bertz CT molecular complexity index is 1930. The van der Waals surface area contributed by atoms with Crippen molar-refractivity contribution in [1.82, 2.24) is 0 Å². The molecule has 0 fully saturated rings. The van der Waals surface area contributed by atoms with Crippen LogP contribution in [0.2, 0.25) is 0 Å². The van der Waals surface area contributed by atoms with E-state index in [-0.39, 0.29) is 10.8 Å². The maximum atomic E-state index is 7.15. The molecule has 0 saturated heterocycles. The zero-order chi connectivity index (χ0) is 31.2. The van der Waals surface area contributed by atoms with Crippen LogP contribution in [-0.2, 0) is 10.8 Å². The van der Waals surface area contributed by atoms with Crippen molar-refractivity contribution in [1.29, 1.82) is 0 Å². The average Bonchev–Trinajstić information content (AvgIpc) is 3.21. The van der Waals surface area contributed by atoms with E-state index in [0.29, 0.717) is 0 Å². The first-order chi connectivity index (χ1) is 21.1. The van der Waals surface area contributed by atoms with Crippen molar-refractivity contribution in [2.45, 2.75) is 64.7 Å². The lowest BCUT2D eigenvalue weighted by molar-refractivity contribution is 0.645. The highest BCUT2D eigenvalue weighted by molar-refractivity contribution is 6.32. The van der Waals surface area contributed by atoms with Gasteiger partial charge in [0.25, 0.3) is 0 Å². The van der Waals surface area contributed by atoms with Crippen molar-refractivity contribution in [2.75, 3.05) is 19.0 Å². The first-order valence-corrected chi connectivity index (χ1v) is 16.1. The number of rotatable bonds is 5. The van der Waals surface area contributed by atoms with Gasteiger partial charge in [0.05, 0.1) is 0 Å². The summed E-state index contributed by atoms with van der Waals surface area (Å²) in [5, 5.41) is 6.04. The second-order valence-electron chi connectivity index (χ2n) is 13.3. The number of fused-ring (bicyclic) bond motifs is 4. The molecule has 6 rings (SSSR count). The molecule has 4 aromatic rings. The molecule has 0 atom stereocenters. The Morgan fingerprint density at radius 3 is 2.27 bits per heavy atom. The molecule has 0 radical (unpaired) electrons. The van der Waals surface area contributed by atoms with Crippen molar-refractivity contribution < 1.29 is 0 Å². The fourth-order valence-electron chi connectivity index (χ4n) is 7.66. The third-order valence-corrected chi connectivity index (χ3v) is 10.4. The minimum absolute atomic E-state index is 0.118. The van der Waals surface area contributed by atoms with Crippen LogP contribution in [-0.4, -0.2) is 19.8 Å². The van der Waals surface area contributed by atoms with Gasteiger partial charge < -0.3 is 4.90 Å². The van der Waals surface area contributed by atoms with Crippen LogP contribution >= 0.6 is 11.6 Å². The lowest BCUT2D eigenvalue weighted by Crippen LogP contribution is -2.29. The summed E-state index contributed by atoms with van der Waals surface area (Å²) in [6.45, 7) is 11.4. The van der Waals surface area contributed by atoms with Crippen LogP contribution < -0.4 is 4.90 Å². The smallest absolute Gasteiger partial charge is 0.0470 e. The lowest BCUT2D eigenvalue weighted by atomic mass is 9.75. The number of likely N-dealkylation sites (N-methyl/N-ethyl adjacent to an activating group) is 1. The van der Waals surface area contributed by atoms with Crippen LogP contribution in [0, 0.1) is 6.92 Å². The molecule has 0 spiro atoms. The minimum Gasteiger partial charge on any atom is -0.347 e. The van der Waals surface area contributed by atoms with E-state index in [9.17, 15) is 0 Å². The average molecular weight is 599 g/mol. The topological polar surface area (TPSA) is 15.6 Å². The monoisotopic (exact) mass is 598 g/mol. The second kappa shape index (κ2) is 11.6. The van der Waals surface area contributed by atoms with Gasteiger partial charge in [-0.15, -0.1) is 0 Å². The van der Waals surface area contributed by atoms with Crippen molar-refractivity contribution >= 4 is 44.5 Å². The van der Waals surface area contributed by atoms with Crippen molar-refractivity contribution in [3.8, 4) is 0 Å². The summed E-state index contributed by atoms with van der Waals surface area (Å²) in [6, 6.07) is 26.3. The Labute approximate surface area is 268 Å². The summed E-state index contributed by atoms with van der Waals surface area (Å²) in [5.41, 5.74) is 9.63. The van der Waals surface area contributed by atoms with Crippen LogP contribution in [0.3, 0.4) is 0 Å². The molecular weight excluding hydrogens is 556 g/mol. The summed E-state index contributed by atoms with van der Waals surface area (Å²) in [7, 11) is 4.08. The number of allylic oxidation sites excluding steroid dienone is 8. The van der Waals surface area contributed by atoms with Gasteiger partial charge in [-0.2, -0.15) is 0 Å². The third kappa shape index (κ3) is 5.04. The van der Waals surface area contributed by atoms with Gasteiger partial charge in [-0.3, -0.25) is 4.99 Å². The molecular formula is C41H43ClN2. The predicted molar refractivity (Wildman–Crippen MR) is 192 cm³/mol. The van der Waals surface area contributed by atoms with Crippen LogP contribution in [0.4, 0.5) is 5.69 Å². The highest BCUT2D eigenvalue weighted by Crippen LogP contribution is 2.50. The Kier molecular flexibility index (Phi) is 7.92. The Morgan fingerprint density at radius 2 is 1.55 bits per heavy atom. The number of hydrogen-bond acceptors (Lipinski definition) is 2. The Balaban J connectivity index is 1.32. The molecule has 3 heteroatoms. The fourth-order valence-corrected chi connectivity index (χ4v) is 7.98. The van der Waals surface area contributed by atoms with Crippen LogP contribution in [0.1, 0.15) is 63.6 Å². The maximum absolute atomic E-state index is 7.15. The maximum Gasteiger partial charge on any atom is 0.0470 e. The van der Waals surface area contributed by atoms with Crippen LogP contribution in [0.25, 0.3) is 21.5 Å². The highest BCUT2D eigenvalue weighted by Gasteiger charge is 2.39. The number of aliphatic imine (C=N–C) groups is 1. The molecule has 1 aliphatic carbocycles. The van der Waals surface area contributed by atoms with E-state index in [1.54, 1.807) is 0 Å². The fraction of sp³-hybridized carbons (Fsp3) is 0.293. The number of nitrogens with zero attached hydrogens (tertiary/aromatic N) is 2. The molecule has 1 aliphatic heterocycles.